The molecule has 1 atom stereocenters. The molecule has 7 heteroatoms. The van der Waals surface area contributed by atoms with Gasteiger partial charge < -0.3 is 15.4 Å². The van der Waals surface area contributed by atoms with Crippen LogP contribution < -0.4 is 10.6 Å². The minimum atomic E-state index is -0.156. The lowest BCUT2D eigenvalue weighted by Gasteiger charge is -2.26. The third-order valence-electron chi connectivity index (χ3n) is 3.80. The van der Waals surface area contributed by atoms with E-state index in [9.17, 15) is 9.59 Å². The van der Waals surface area contributed by atoms with Gasteiger partial charge >= 0.3 is 0 Å². The first-order chi connectivity index (χ1) is 9.70. The van der Waals surface area contributed by atoms with Crippen LogP contribution in [-0.2, 0) is 14.3 Å². The van der Waals surface area contributed by atoms with Crippen molar-refractivity contribution in [2.24, 2.45) is 0 Å². The largest absolute Gasteiger partial charge is 0.369 e. The van der Waals surface area contributed by atoms with E-state index >= 15 is 0 Å². The van der Waals surface area contributed by atoms with Gasteiger partial charge in [0.15, 0.2) is 0 Å². The number of ether oxygens (including phenoxy) is 1. The van der Waals surface area contributed by atoms with Gasteiger partial charge in [0.1, 0.15) is 0 Å². The molecule has 0 aliphatic carbocycles. The molecule has 0 saturated carbocycles. The average molecular weight is 284 g/mol. The molecule has 2 aliphatic heterocycles. The SMILES string of the molecule is COCN1CCNC(=O)CN2CCC[C@H]2C(=O)NCC1. The lowest BCUT2D eigenvalue weighted by molar-refractivity contribution is -0.128. The fraction of sp³-hybridized carbons (Fsp3) is 0.846. The molecule has 7 nitrogen and oxygen atoms in total. The van der Waals surface area contributed by atoms with Gasteiger partial charge in [0.05, 0.1) is 19.3 Å². The van der Waals surface area contributed by atoms with Crippen LogP contribution in [0.25, 0.3) is 0 Å². The molecule has 0 unspecified atom stereocenters. The van der Waals surface area contributed by atoms with Crippen LogP contribution in [0, 0.1) is 0 Å². The number of amides is 2. The lowest BCUT2D eigenvalue weighted by atomic mass is 10.2. The van der Waals surface area contributed by atoms with E-state index in [1.807, 2.05) is 4.90 Å². The van der Waals surface area contributed by atoms with Gasteiger partial charge in [-0.3, -0.25) is 19.4 Å². The lowest BCUT2D eigenvalue weighted by Crippen LogP contribution is -2.50. The highest BCUT2D eigenvalue weighted by Gasteiger charge is 2.31. The zero-order valence-corrected chi connectivity index (χ0v) is 12.1. The molecule has 2 N–H and O–H groups in total. The van der Waals surface area contributed by atoms with Crippen molar-refractivity contribution in [1.82, 2.24) is 20.4 Å². The predicted octanol–water partition coefficient (Wildman–Crippen LogP) is -1.40. The summed E-state index contributed by atoms with van der Waals surface area (Å²) in [5.74, 6) is 0.0240. The first-order valence-electron chi connectivity index (χ1n) is 7.20. The van der Waals surface area contributed by atoms with E-state index in [4.69, 9.17) is 4.74 Å². The molecule has 0 bridgehead atoms. The van der Waals surface area contributed by atoms with Crippen LogP contribution in [0.5, 0.6) is 0 Å². The van der Waals surface area contributed by atoms with Crippen LogP contribution in [0.2, 0.25) is 0 Å². The van der Waals surface area contributed by atoms with Crippen molar-refractivity contribution < 1.29 is 14.3 Å². The van der Waals surface area contributed by atoms with Crippen molar-refractivity contribution in [3.8, 4) is 0 Å². The minimum Gasteiger partial charge on any atom is -0.369 e. The average Bonchev–Trinajstić information content (AvgIpc) is 2.85. The summed E-state index contributed by atoms with van der Waals surface area (Å²) in [6.07, 6.45) is 1.81. The first kappa shape index (κ1) is 15.2. The van der Waals surface area contributed by atoms with Crippen LogP contribution in [0.1, 0.15) is 12.8 Å². The van der Waals surface area contributed by atoms with Crippen LogP contribution >= 0.6 is 0 Å². The van der Waals surface area contributed by atoms with Crippen LogP contribution in [0.4, 0.5) is 0 Å². The number of nitrogens with zero attached hydrogens (tertiary/aromatic N) is 2. The number of nitrogens with one attached hydrogen (secondary N) is 2. The monoisotopic (exact) mass is 284 g/mol. The van der Waals surface area contributed by atoms with Gasteiger partial charge in [-0.2, -0.15) is 0 Å². The highest BCUT2D eigenvalue weighted by molar-refractivity contribution is 5.84. The predicted molar refractivity (Wildman–Crippen MR) is 74.1 cm³/mol. The van der Waals surface area contributed by atoms with E-state index in [2.05, 4.69) is 15.5 Å². The number of methoxy groups -OCH3 is 1. The van der Waals surface area contributed by atoms with Crippen molar-refractivity contribution in [3.63, 3.8) is 0 Å². The molecular formula is C13H24N4O3. The molecule has 2 fully saturated rings. The molecule has 0 aromatic heterocycles. The summed E-state index contributed by atoms with van der Waals surface area (Å²) in [6, 6.07) is -0.156. The van der Waals surface area contributed by atoms with Gasteiger partial charge in [0, 0.05) is 33.3 Å². The summed E-state index contributed by atoms with van der Waals surface area (Å²) in [5, 5.41) is 5.87. The van der Waals surface area contributed by atoms with Crippen LogP contribution in [0.3, 0.4) is 0 Å². The summed E-state index contributed by atoms with van der Waals surface area (Å²) < 4.78 is 5.12. The smallest absolute Gasteiger partial charge is 0.237 e. The summed E-state index contributed by atoms with van der Waals surface area (Å²) >= 11 is 0. The van der Waals surface area contributed by atoms with Crippen molar-refractivity contribution in [1.29, 1.82) is 0 Å². The summed E-state index contributed by atoms with van der Waals surface area (Å²) in [5.41, 5.74) is 0. The Morgan fingerprint density at radius 1 is 1.20 bits per heavy atom. The third kappa shape index (κ3) is 4.16. The summed E-state index contributed by atoms with van der Waals surface area (Å²) in [4.78, 5) is 28.1. The second-order valence-electron chi connectivity index (χ2n) is 5.31. The van der Waals surface area contributed by atoms with Gasteiger partial charge in [0.25, 0.3) is 0 Å². The van der Waals surface area contributed by atoms with E-state index < -0.39 is 0 Å². The molecular weight excluding hydrogens is 260 g/mol. The Labute approximate surface area is 119 Å². The Balaban J connectivity index is 1.96. The molecule has 0 aromatic carbocycles. The van der Waals surface area contributed by atoms with E-state index in [-0.39, 0.29) is 17.9 Å². The number of carbonyl (C=O) groups is 2. The zero-order chi connectivity index (χ0) is 14.4. The standard InChI is InChI=1S/C13H24N4O3/c1-20-10-16-7-4-14-12(18)9-17-6-2-3-11(17)13(19)15-5-8-16/h11H,2-10H2,1H3,(H,14,18)(H,15,19)/t11-/m0/s1. The van der Waals surface area contributed by atoms with E-state index in [1.165, 1.54) is 0 Å². The van der Waals surface area contributed by atoms with E-state index in [0.29, 0.717) is 26.4 Å². The normalized spacial score (nSPS) is 27.1. The fourth-order valence-electron chi connectivity index (χ4n) is 2.78. The molecule has 2 aliphatic rings. The number of rotatable bonds is 2. The molecule has 2 amide bonds. The van der Waals surface area contributed by atoms with E-state index in [0.717, 1.165) is 32.5 Å². The Bertz CT molecular complexity index is 351. The highest BCUT2D eigenvalue weighted by Crippen LogP contribution is 2.16. The summed E-state index contributed by atoms with van der Waals surface area (Å²) in [6.45, 7) is 4.29. The maximum Gasteiger partial charge on any atom is 0.237 e. The van der Waals surface area contributed by atoms with E-state index in [1.54, 1.807) is 7.11 Å². The number of carbonyl (C=O) groups excluding carboxylic acids is 2. The molecule has 2 saturated heterocycles. The fourth-order valence-corrected chi connectivity index (χ4v) is 2.78. The van der Waals surface area contributed by atoms with Gasteiger partial charge in [-0.05, 0) is 19.4 Å². The maximum absolute atomic E-state index is 12.1. The molecule has 2 rings (SSSR count). The Kier molecular flexibility index (Phi) is 5.75. The number of hydrogen-bond acceptors (Lipinski definition) is 5. The van der Waals surface area contributed by atoms with Crippen LogP contribution in [-0.4, -0.2) is 80.8 Å². The van der Waals surface area contributed by atoms with Gasteiger partial charge in [0.2, 0.25) is 11.8 Å². The van der Waals surface area contributed by atoms with Crippen molar-refractivity contribution in [2.75, 3.05) is 53.1 Å². The van der Waals surface area contributed by atoms with Crippen molar-refractivity contribution in [3.05, 3.63) is 0 Å². The maximum atomic E-state index is 12.1. The molecule has 114 valence electrons. The molecule has 0 radical (unpaired) electrons. The second kappa shape index (κ2) is 7.56. The van der Waals surface area contributed by atoms with Gasteiger partial charge in [-0.15, -0.1) is 0 Å². The Hall–Kier alpha value is -1.18. The topological polar surface area (TPSA) is 73.9 Å². The van der Waals surface area contributed by atoms with Crippen molar-refractivity contribution in [2.45, 2.75) is 18.9 Å². The molecule has 0 aromatic rings. The second-order valence-corrected chi connectivity index (χ2v) is 5.31. The number of hydrogen-bond donors (Lipinski definition) is 2. The molecule has 0 spiro atoms. The van der Waals surface area contributed by atoms with Gasteiger partial charge in [-0.25, -0.2) is 0 Å². The first-order valence-corrected chi connectivity index (χ1v) is 7.20. The third-order valence-corrected chi connectivity index (χ3v) is 3.80. The molecule has 2 heterocycles. The number of fused-ring (bicyclic) bond motifs is 1. The van der Waals surface area contributed by atoms with Gasteiger partial charge in [-0.1, -0.05) is 0 Å². The Morgan fingerprint density at radius 3 is 2.70 bits per heavy atom. The highest BCUT2D eigenvalue weighted by atomic mass is 16.5. The van der Waals surface area contributed by atoms with Crippen molar-refractivity contribution >= 4 is 11.8 Å². The summed E-state index contributed by atoms with van der Waals surface area (Å²) in [7, 11) is 1.64. The zero-order valence-electron chi connectivity index (χ0n) is 12.1. The minimum absolute atomic E-state index is 0.0114. The van der Waals surface area contributed by atoms with Crippen LogP contribution in [0.15, 0.2) is 0 Å². The Morgan fingerprint density at radius 2 is 1.95 bits per heavy atom. The quantitative estimate of drug-likeness (QED) is 0.653. The molecule has 20 heavy (non-hydrogen) atoms.